The van der Waals surface area contributed by atoms with Gasteiger partial charge >= 0.3 is 5.97 Å². The van der Waals surface area contributed by atoms with Crippen molar-refractivity contribution in [1.29, 1.82) is 0 Å². The van der Waals surface area contributed by atoms with Crippen LogP contribution in [-0.4, -0.2) is 11.1 Å². The third-order valence-corrected chi connectivity index (χ3v) is 1.99. The third-order valence-electron chi connectivity index (χ3n) is 1.99. The van der Waals surface area contributed by atoms with Crippen LogP contribution in [0.1, 0.15) is 11.1 Å². The first-order valence-electron chi connectivity index (χ1n) is 3.99. The Morgan fingerprint density at radius 1 is 1.23 bits per heavy atom. The van der Waals surface area contributed by atoms with Gasteiger partial charge in [0.15, 0.2) is 0 Å². The largest absolute Gasteiger partial charge is 0.478 e. The van der Waals surface area contributed by atoms with Gasteiger partial charge < -0.3 is 5.11 Å². The van der Waals surface area contributed by atoms with Gasteiger partial charge in [-0.1, -0.05) is 36.4 Å². The van der Waals surface area contributed by atoms with Crippen molar-refractivity contribution in [2.24, 2.45) is 0 Å². The van der Waals surface area contributed by atoms with Gasteiger partial charge in [0.2, 0.25) is 0 Å². The van der Waals surface area contributed by atoms with E-state index < -0.39 is 5.97 Å². The van der Waals surface area contributed by atoms with Gasteiger partial charge in [-0.2, -0.15) is 0 Å². The molecule has 0 aliphatic heterocycles. The lowest BCUT2D eigenvalue weighted by atomic mass is 10.1. The monoisotopic (exact) mass is 172 g/mol. The molecule has 1 aromatic rings. The molecule has 2 nitrogen and oxygen atoms in total. The van der Waals surface area contributed by atoms with Crippen LogP contribution < -0.4 is 0 Å². The summed E-state index contributed by atoms with van der Waals surface area (Å²) in [7, 11) is 0. The van der Waals surface area contributed by atoms with Crippen LogP contribution in [0.5, 0.6) is 0 Å². The van der Waals surface area contributed by atoms with E-state index in [1.807, 2.05) is 36.4 Å². The van der Waals surface area contributed by atoms with Crippen LogP contribution in [0.4, 0.5) is 0 Å². The zero-order valence-electron chi connectivity index (χ0n) is 6.90. The number of benzene rings is 1. The molecule has 1 aromatic carbocycles. The smallest absolute Gasteiger partial charge is 0.328 e. The van der Waals surface area contributed by atoms with E-state index in [1.54, 1.807) is 0 Å². The molecule has 0 heterocycles. The predicted octanol–water partition coefficient (Wildman–Crippen LogP) is 2.18. The van der Waals surface area contributed by atoms with Gasteiger partial charge in [0.05, 0.1) is 0 Å². The molecular formula is C11H8O2. The summed E-state index contributed by atoms with van der Waals surface area (Å²) >= 11 is 0. The molecule has 1 aliphatic carbocycles. The Morgan fingerprint density at radius 3 is 2.77 bits per heavy atom. The maximum Gasteiger partial charge on any atom is 0.328 e. The van der Waals surface area contributed by atoms with E-state index >= 15 is 0 Å². The second-order valence-electron chi connectivity index (χ2n) is 2.86. The minimum absolute atomic E-state index is 0.767. The third kappa shape index (κ3) is 1.38. The van der Waals surface area contributed by atoms with Crippen LogP contribution in [-0.2, 0) is 4.79 Å². The van der Waals surface area contributed by atoms with Crippen LogP contribution >= 0.6 is 0 Å². The Balaban J connectivity index is 2.50. The zero-order valence-corrected chi connectivity index (χ0v) is 6.90. The lowest BCUT2D eigenvalue weighted by molar-refractivity contribution is -0.131. The van der Waals surface area contributed by atoms with Crippen molar-refractivity contribution in [2.45, 2.75) is 0 Å². The average Bonchev–Trinajstić information content (AvgIpc) is 2.48. The Kier molecular flexibility index (Phi) is 1.74. The summed E-state index contributed by atoms with van der Waals surface area (Å²) in [6.45, 7) is 0. The van der Waals surface area contributed by atoms with Gasteiger partial charge in [-0.05, 0) is 16.7 Å². The highest BCUT2D eigenvalue weighted by molar-refractivity contribution is 5.99. The van der Waals surface area contributed by atoms with Crippen LogP contribution in [0.15, 0.2) is 36.4 Å². The van der Waals surface area contributed by atoms with Gasteiger partial charge in [0.25, 0.3) is 0 Å². The van der Waals surface area contributed by atoms with Gasteiger partial charge in [0.1, 0.15) is 0 Å². The Hall–Kier alpha value is -1.83. The van der Waals surface area contributed by atoms with Crippen LogP contribution in [0.2, 0.25) is 0 Å². The number of carboxylic acids is 1. The second kappa shape index (κ2) is 2.90. The molecule has 1 N–H and O–H groups in total. The summed E-state index contributed by atoms with van der Waals surface area (Å²) in [5.74, 6) is -0.906. The number of fused-ring (bicyclic) bond motifs is 1. The van der Waals surface area contributed by atoms with Crippen LogP contribution in [0, 0.1) is 0 Å². The fraction of sp³-hybridized carbons (Fsp3) is 0. The maximum absolute atomic E-state index is 10.5. The van der Waals surface area contributed by atoms with Gasteiger partial charge in [-0.3, -0.25) is 0 Å². The molecule has 13 heavy (non-hydrogen) atoms. The number of rotatable bonds is 1. The van der Waals surface area contributed by atoms with Gasteiger partial charge in [-0.15, -0.1) is 0 Å². The highest BCUT2D eigenvalue weighted by atomic mass is 16.4. The van der Waals surface area contributed by atoms with E-state index in [1.165, 1.54) is 6.08 Å². The summed E-state index contributed by atoms with van der Waals surface area (Å²) in [5, 5.41) is 8.59. The highest BCUT2D eigenvalue weighted by Crippen LogP contribution is 2.28. The lowest BCUT2D eigenvalue weighted by Gasteiger charge is -1.98. The van der Waals surface area contributed by atoms with Gasteiger partial charge in [0, 0.05) is 6.08 Å². The first kappa shape index (κ1) is 7.80. The maximum atomic E-state index is 10.5. The molecule has 64 valence electrons. The Labute approximate surface area is 75.8 Å². The molecule has 0 saturated heterocycles. The summed E-state index contributed by atoms with van der Waals surface area (Å²) in [4.78, 5) is 10.5. The fourth-order valence-corrected chi connectivity index (χ4v) is 1.43. The van der Waals surface area contributed by atoms with E-state index in [0.717, 1.165) is 16.7 Å². The normalized spacial score (nSPS) is 16.2. The molecule has 0 aromatic heterocycles. The van der Waals surface area contributed by atoms with Crippen molar-refractivity contribution in [3.63, 3.8) is 0 Å². The molecule has 0 radical (unpaired) electrons. The van der Waals surface area contributed by atoms with Crippen molar-refractivity contribution < 1.29 is 9.90 Å². The molecule has 2 heteroatoms. The number of carboxylic acid groups (broad SMARTS) is 1. The molecule has 0 spiro atoms. The molecule has 0 bridgehead atoms. The minimum Gasteiger partial charge on any atom is -0.478 e. The molecule has 0 atom stereocenters. The number of carbonyl (C=O) groups is 1. The topological polar surface area (TPSA) is 37.3 Å². The van der Waals surface area contributed by atoms with Crippen molar-refractivity contribution >= 4 is 17.6 Å². The minimum atomic E-state index is -0.906. The molecule has 1 aliphatic rings. The SMILES string of the molecule is O=C(O)/C=C1\C=Cc2ccccc21. The molecular weight excluding hydrogens is 164 g/mol. The Bertz CT molecular complexity index is 414. The predicted molar refractivity (Wildman–Crippen MR) is 51.1 cm³/mol. The molecule has 0 amide bonds. The van der Waals surface area contributed by atoms with Gasteiger partial charge in [-0.25, -0.2) is 4.79 Å². The van der Waals surface area contributed by atoms with E-state index in [9.17, 15) is 4.79 Å². The number of hydrogen-bond donors (Lipinski definition) is 1. The van der Waals surface area contributed by atoms with Crippen molar-refractivity contribution in [1.82, 2.24) is 0 Å². The second-order valence-corrected chi connectivity index (χ2v) is 2.86. The average molecular weight is 172 g/mol. The number of aliphatic carboxylic acids is 1. The summed E-state index contributed by atoms with van der Waals surface area (Å²) in [5.41, 5.74) is 2.84. The van der Waals surface area contributed by atoms with Crippen molar-refractivity contribution in [3.8, 4) is 0 Å². The van der Waals surface area contributed by atoms with Crippen molar-refractivity contribution in [3.05, 3.63) is 47.5 Å². The summed E-state index contributed by atoms with van der Waals surface area (Å²) in [6, 6.07) is 7.73. The first-order chi connectivity index (χ1) is 6.27. The van der Waals surface area contributed by atoms with Crippen LogP contribution in [0.3, 0.4) is 0 Å². The fourth-order valence-electron chi connectivity index (χ4n) is 1.43. The zero-order chi connectivity index (χ0) is 9.26. The molecule has 2 rings (SSSR count). The number of hydrogen-bond acceptors (Lipinski definition) is 1. The van der Waals surface area contributed by atoms with E-state index in [2.05, 4.69) is 0 Å². The first-order valence-corrected chi connectivity index (χ1v) is 3.99. The molecule has 0 fully saturated rings. The van der Waals surface area contributed by atoms with E-state index in [0.29, 0.717) is 0 Å². The molecule has 0 unspecified atom stereocenters. The van der Waals surface area contributed by atoms with E-state index in [-0.39, 0.29) is 0 Å². The molecule has 0 saturated carbocycles. The summed E-state index contributed by atoms with van der Waals surface area (Å²) in [6.07, 6.45) is 4.96. The van der Waals surface area contributed by atoms with Crippen molar-refractivity contribution in [2.75, 3.05) is 0 Å². The standard InChI is InChI=1S/C11H8O2/c12-11(13)7-9-6-5-8-3-1-2-4-10(8)9/h1-7H,(H,12,13)/b9-7+. The lowest BCUT2D eigenvalue weighted by Crippen LogP contribution is -1.89. The quantitative estimate of drug-likeness (QED) is 0.659. The van der Waals surface area contributed by atoms with E-state index in [4.69, 9.17) is 5.11 Å². The Morgan fingerprint density at radius 2 is 2.00 bits per heavy atom. The van der Waals surface area contributed by atoms with Crippen LogP contribution in [0.25, 0.3) is 11.6 Å². The summed E-state index contributed by atoms with van der Waals surface area (Å²) < 4.78 is 0. The highest BCUT2D eigenvalue weighted by Gasteiger charge is 2.09. The number of allylic oxidation sites excluding steroid dienone is 2.